The first-order valence-electron chi connectivity index (χ1n) is 4.61. The summed E-state index contributed by atoms with van der Waals surface area (Å²) in [7, 11) is 0. The SMILES string of the molecule is Cc1cscc1CN1CCCC1=N. The van der Waals surface area contributed by atoms with E-state index in [1.54, 1.807) is 11.3 Å². The van der Waals surface area contributed by atoms with Crippen molar-refractivity contribution in [2.24, 2.45) is 0 Å². The fourth-order valence-electron chi connectivity index (χ4n) is 1.66. The number of nitrogens with one attached hydrogen (secondary N) is 1. The molecule has 0 aliphatic carbocycles. The molecule has 0 amide bonds. The molecule has 0 saturated carbocycles. The van der Waals surface area contributed by atoms with Crippen molar-refractivity contribution in [3.05, 3.63) is 21.9 Å². The van der Waals surface area contributed by atoms with Crippen LogP contribution in [0, 0.1) is 12.3 Å². The van der Waals surface area contributed by atoms with Gasteiger partial charge in [0.2, 0.25) is 0 Å². The molecule has 0 radical (unpaired) electrons. The maximum absolute atomic E-state index is 7.71. The van der Waals surface area contributed by atoms with Crippen LogP contribution in [0.4, 0.5) is 0 Å². The third-order valence-electron chi connectivity index (χ3n) is 2.55. The highest BCUT2D eigenvalue weighted by molar-refractivity contribution is 7.08. The Morgan fingerprint density at radius 3 is 2.92 bits per heavy atom. The Bertz CT molecular complexity index is 316. The molecule has 1 aliphatic heterocycles. The highest BCUT2D eigenvalue weighted by Gasteiger charge is 2.17. The van der Waals surface area contributed by atoms with Crippen LogP contribution in [-0.4, -0.2) is 17.3 Å². The number of amidine groups is 1. The first-order valence-corrected chi connectivity index (χ1v) is 5.55. The average molecular weight is 194 g/mol. The largest absolute Gasteiger partial charge is 0.356 e. The van der Waals surface area contributed by atoms with Crippen LogP contribution in [0.25, 0.3) is 0 Å². The Hall–Kier alpha value is -0.830. The number of thiophene rings is 1. The van der Waals surface area contributed by atoms with Crippen LogP contribution < -0.4 is 0 Å². The molecule has 0 atom stereocenters. The minimum Gasteiger partial charge on any atom is -0.356 e. The monoisotopic (exact) mass is 194 g/mol. The molecule has 1 aromatic rings. The number of rotatable bonds is 2. The van der Waals surface area contributed by atoms with E-state index in [0.29, 0.717) is 0 Å². The molecule has 13 heavy (non-hydrogen) atoms. The van der Waals surface area contributed by atoms with Gasteiger partial charge in [0.1, 0.15) is 0 Å². The Kier molecular flexibility index (Phi) is 2.36. The highest BCUT2D eigenvalue weighted by Crippen LogP contribution is 2.19. The van der Waals surface area contributed by atoms with Crippen molar-refractivity contribution < 1.29 is 0 Å². The van der Waals surface area contributed by atoms with Gasteiger partial charge >= 0.3 is 0 Å². The zero-order chi connectivity index (χ0) is 9.26. The molecule has 2 heterocycles. The minimum atomic E-state index is 0.811. The first-order chi connectivity index (χ1) is 6.27. The van der Waals surface area contributed by atoms with Gasteiger partial charge in [0, 0.05) is 19.5 Å². The minimum absolute atomic E-state index is 0.811. The van der Waals surface area contributed by atoms with Crippen molar-refractivity contribution in [3.8, 4) is 0 Å². The maximum atomic E-state index is 7.71. The molecule has 0 unspecified atom stereocenters. The lowest BCUT2D eigenvalue weighted by atomic mass is 10.2. The Morgan fingerprint density at radius 1 is 1.54 bits per heavy atom. The van der Waals surface area contributed by atoms with Gasteiger partial charge in [-0.25, -0.2) is 0 Å². The summed E-state index contributed by atoms with van der Waals surface area (Å²) in [5.41, 5.74) is 2.75. The molecule has 1 fully saturated rings. The molecule has 2 rings (SSSR count). The molecule has 2 nitrogen and oxygen atoms in total. The summed E-state index contributed by atoms with van der Waals surface area (Å²) >= 11 is 1.75. The van der Waals surface area contributed by atoms with Crippen LogP contribution in [0.1, 0.15) is 24.0 Å². The molecule has 1 aromatic heterocycles. The fraction of sp³-hybridized carbons (Fsp3) is 0.500. The predicted molar refractivity (Wildman–Crippen MR) is 56.4 cm³/mol. The second-order valence-corrected chi connectivity index (χ2v) is 4.30. The molecule has 1 N–H and O–H groups in total. The molecule has 1 saturated heterocycles. The van der Waals surface area contributed by atoms with Gasteiger partial charge < -0.3 is 4.90 Å². The van der Waals surface area contributed by atoms with E-state index in [0.717, 1.165) is 31.8 Å². The van der Waals surface area contributed by atoms with E-state index >= 15 is 0 Å². The van der Waals surface area contributed by atoms with Crippen molar-refractivity contribution in [1.29, 1.82) is 5.41 Å². The average Bonchev–Trinajstić information content (AvgIpc) is 2.65. The number of likely N-dealkylation sites (tertiary alicyclic amines) is 1. The van der Waals surface area contributed by atoms with Crippen molar-refractivity contribution in [1.82, 2.24) is 4.90 Å². The van der Waals surface area contributed by atoms with Gasteiger partial charge in [-0.15, -0.1) is 0 Å². The maximum Gasteiger partial charge on any atom is 0.0961 e. The fourth-order valence-corrected chi connectivity index (χ4v) is 2.51. The zero-order valence-corrected chi connectivity index (χ0v) is 8.66. The van der Waals surface area contributed by atoms with Crippen molar-refractivity contribution in [3.63, 3.8) is 0 Å². The second kappa shape index (κ2) is 3.50. The van der Waals surface area contributed by atoms with Gasteiger partial charge in [-0.2, -0.15) is 11.3 Å². The summed E-state index contributed by atoms with van der Waals surface area (Å²) in [4.78, 5) is 2.18. The molecular weight excluding hydrogens is 180 g/mol. The van der Waals surface area contributed by atoms with Gasteiger partial charge in [0.25, 0.3) is 0 Å². The van der Waals surface area contributed by atoms with Crippen LogP contribution in [0.15, 0.2) is 10.8 Å². The number of nitrogens with zero attached hydrogens (tertiary/aromatic N) is 1. The van der Waals surface area contributed by atoms with Crippen LogP contribution in [-0.2, 0) is 6.54 Å². The lowest BCUT2D eigenvalue weighted by Gasteiger charge is -2.17. The molecular formula is C10H14N2S. The number of hydrogen-bond acceptors (Lipinski definition) is 2. The Labute approximate surface area is 82.7 Å². The summed E-state index contributed by atoms with van der Waals surface area (Å²) in [5.74, 6) is 0.811. The molecule has 0 bridgehead atoms. The van der Waals surface area contributed by atoms with E-state index in [4.69, 9.17) is 5.41 Å². The standard InChI is InChI=1S/C10H14N2S/c1-8-6-13-7-9(8)5-12-4-2-3-10(12)11/h6-7,11H,2-5H2,1H3. The third-order valence-corrected chi connectivity index (χ3v) is 3.46. The number of aryl methyl sites for hydroxylation is 1. The summed E-state index contributed by atoms with van der Waals surface area (Å²) in [6.45, 7) is 4.15. The van der Waals surface area contributed by atoms with E-state index in [9.17, 15) is 0 Å². The molecule has 70 valence electrons. The Morgan fingerprint density at radius 2 is 2.38 bits per heavy atom. The van der Waals surface area contributed by atoms with Crippen LogP contribution in [0.2, 0.25) is 0 Å². The first kappa shape index (κ1) is 8.75. The normalized spacial score (nSPS) is 17.0. The summed E-state index contributed by atoms with van der Waals surface area (Å²) < 4.78 is 0. The smallest absolute Gasteiger partial charge is 0.0961 e. The van der Waals surface area contributed by atoms with Gasteiger partial charge in [0.15, 0.2) is 0 Å². The van der Waals surface area contributed by atoms with Gasteiger partial charge in [-0.05, 0) is 35.2 Å². The van der Waals surface area contributed by atoms with Crippen LogP contribution in [0.5, 0.6) is 0 Å². The quantitative estimate of drug-likeness (QED) is 0.770. The van der Waals surface area contributed by atoms with E-state index in [-0.39, 0.29) is 0 Å². The predicted octanol–water partition coefficient (Wildman–Crippen LogP) is 2.63. The summed E-state index contributed by atoms with van der Waals surface area (Å²) in [6.07, 6.45) is 2.12. The van der Waals surface area contributed by atoms with E-state index in [2.05, 4.69) is 22.6 Å². The lowest BCUT2D eigenvalue weighted by molar-refractivity contribution is 0.446. The topological polar surface area (TPSA) is 27.1 Å². The molecule has 0 spiro atoms. The third kappa shape index (κ3) is 1.75. The van der Waals surface area contributed by atoms with Crippen molar-refractivity contribution in [2.45, 2.75) is 26.3 Å². The van der Waals surface area contributed by atoms with Crippen molar-refractivity contribution in [2.75, 3.05) is 6.54 Å². The molecule has 0 aromatic carbocycles. The highest BCUT2D eigenvalue weighted by atomic mass is 32.1. The van der Waals surface area contributed by atoms with Crippen LogP contribution >= 0.6 is 11.3 Å². The van der Waals surface area contributed by atoms with E-state index in [1.807, 2.05) is 0 Å². The number of hydrogen-bond donors (Lipinski definition) is 1. The zero-order valence-electron chi connectivity index (χ0n) is 7.84. The molecule has 1 aliphatic rings. The van der Waals surface area contributed by atoms with Gasteiger partial charge in [0.05, 0.1) is 5.84 Å². The van der Waals surface area contributed by atoms with Gasteiger partial charge in [-0.3, -0.25) is 5.41 Å². The van der Waals surface area contributed by atoms with Gasteiger partial charge in [-0.1, -0.05) is 0 Å². The van der Waals surface area contributed by atoms with E-state index < -0.39 is 0 Å². The van der Waals surface area contributed by atoms with Crippen molar-refractivity contribution >= 4 is 17.2 Å². The Balaban J connectivity index is 2.06. The molecule has 3 heteroatoms. The second-order valence-electron chi connectivity index (χ2n) is 3.55. The lowest BCUT2D eigenvalue weighted by Crippen LogP contribution is -2.23. The summed E-state index contributed by atoms with van der Waals surface area (Å²) in [5, 5.41) is 12.1. The van der Waals surface area contributed by atoms with Crippen LogP contribution in [0.3, 0.4) is 0 Å². The summed E-state index contributed by atoms with van der Waals surface area (Å²) in [6, 6.07) is 0. The van der Waals surface area contributed by atoms with E-state index in [1.165, 1.54) is 11.1 Å².